The molecule has 2 aromatic rings. The van der Waals surface area contributed by atoms with Gasteiger partial charge in [-0.3, -0.25) is 0 Å². The van der Waals surface area contributed by atoms with Crippen molar-refractivity contribution >= 4 is 15.8 Å². The molecule has 0 amide bonds. The van der Waals surface area contributed by atoms with Crippen molar-refractivity contribution in [2.75, 3.05) is 18.9 Å². The van der Waals surface area contributed by atoms with Crippen molar-refractivity contribution in [2.24, 2.45) is 0 Å². The largest absolute Gasteiger partial charge is 0.372 e. The minimum absolute atomic E-state index is 0.102. The molecule has 2 N–H and O–H groups in total. The lowest BCUT2D eigenvalue weighted by atomic mass is 10.4. The van der Waals surface area contributed by atoms with Gasteiger partial charge in [-0.15, -0.1) is 0 Å². The average molecular weight is 283 g/mol. The van der Waals surface area contributed by atoms with E-state index in [0.29, 0.717) is 18.1 Å². The molecule has 0 fully saturated rings. The van der Waals surface area contributed by atoms with Gasteiger partial charge in [0.05, 0.1) is 0 Å². The minimum Gasteiger partial charge on any atom is -0.372 e. The molecule has 0 radical (unpaired) electrons. The van der Waals surface area contributed by atoms with Gasteiger partial charge in [-0.2, -0.15) is 4.98 Å². The van der Waals surface area contributed by atoms with Crippen molar-refractivity contribution < 1.29 is 12.9 Å². The minimum atomic E-state index is -3.62. The number of rotatable bonds is 6. The number of hydrogen-bond donors (Lipinski definition) is 2. The molecule has 0 atom stereocenters. The summed E-state index contributed by atoms with van der Waals surface area (Å²) in [6.07, 6.45) is 3.07. The average Bonchev–Trinajstić information content (AvgIpc) is 2.91. The molecule has 2 rings (SSSR count). The van der Waals surface area contributed by atoms with Crippen molar-refractivity contribution in [3.8, 4) is 0 Å². The van der Waals surface area contributed by atoms with Crippen LogP contribution in [0.3, 0.4) is 0 Å². The van der Waals surface area contributed by atoms with E-state index in [2.05, 4.69) is 29.7 Å². The Kier molecular flexibility index (Phi) is 4.07. The van der Waals surface area contributed by atoms with Crippen LogP contribution in [0.5, 0.6) is 0 Å². The van der Waals surface area contributed by atoms with E-state index in [4.69, 9.17) is 0 Å². The van der Waals surface area contributed by atoms with Crippen molar-refractivity contribution in [3.63, 3.8) is 0 Å². The fraction of sp³-hybridized carbons (Fsp3) is 0.300. The Morgan fingerprint density at radius 2 is 2.21 bits per heavy atom. The Hall–Kier alpha value is -2.00. The predicted octanol–water partition coefficient (Wildman–Crippen LogP) is 0.0273. The van der Waals surface area contributed by atoms with Crippen LogP contribution in [0, 0.1) is 0 Å². The molecule has 102 valence electrons. The highest BCUT2D eigenvalue weighted by atomic mass is 32.2. The Balaban J connectivity index is 2.05. The molecule has 0 aromatic carbocycles. The molecule has 8 nitrogen and oxygen atoms in total. The van der Waals surface area contributed by atoms with Crippen LogP contribution in [-0.2, 0) is 16.4 Å². The van der Waals surface area contributed by atoms with Crippen molar-refractivity contribution in [1.29, 1.82) is 0 Å². The van der Waals surface area contributed by atoms with Crippen LogP contribution in [0.25, 0.3) is 0 Å². The SMILES string of the molecule is CNc1ncccc1S(=O)(=O)NCCc1ncon1. The maximum atomic E-state index is 12.1. The summed E-state index contributed by atoms with van der Waals surface area (Å²) < 4.78 is 31.2. The summed E-state index contributed by atoms with van der Waals surface area (Å²) in [6.45, 7) is 0.180. The number of anilines is 1. The van der Waals surface area contributed by atoms with Gasteiger partial charge in [-0.1, -0.05) is 5.16 Å². The molecule has 0 saturated heterocycles. The van der Waals surface area contributed by atoms with Gasteiger partial charge in [-0.25, -0.2) is 18.1 Å². The van der Waals surface area contributed by atoms with Crippen LogP contribution in [0.2, 0.25) is 0 Å². The van der Waals surface area contributed by atoms with Gasteiger partial charge < -0.3 is 9.84 Å². The lowest BCUT2D eigenvalue weighted by molar-refractivity contribution is 0.410. The summed E-state index contributed by atoms with van der Waals surface area (Å²) in [6, 6.07) is 3.05. The second-order valence-corrected chi connectivity index (χ2v) is 5.33. The van der Waals surface area contributed by atoms with Gasteiger partial charge in [0.2, 0.25) is 16.4 Å². The predicted molar refractivity (Wildman–Crippen MR) is 67.0 cm³/mol. The lowest BCUT2D eigenvalue weighted by Gasteiger charge is -2.09. The molecule has 0 saturated carbocycles. The quantitative estimate of drug-likeness (QED) is 0.769. The molecule has 0 aliphatic rings. The molecule has 2 heterocycles. The van der Waals surface area contributed by atoms with E-state index in [1.807, 2.05) is 0 Å². The van der Waals surface area contributed by atoms with Crippen molar-refractivity contribution in [2.45, 2.75) is 11.3 Å². The highest BCUT2D eigenvalue weighted by molar-refractivity contribution is 7.89. The highest BCUT2D eigenvalue weighted by Crippen LogP contribution is 2.16. The molecular weight excluding hydrogens is 270 g/mol. The standard InChI is InChI=1S/C10H13N5O3S/c1-11-10-8(3-2-5-12-10)19(16,17)14-6-4-9-13-7-18-15-9/h2-3,5,7,14H,4,6H2,1H3,(H,11,12). The Bertz CT molecular complexity index is 626. The molecule has 0 bridgehead atoms. The molecule has 0 unspecified atom stereocenters. The first-order valence-electron chi connectivity index (χ1n) is 5.51. The molecule has 9 heteroatoms. The number of nitrogens with zero attached hydrogens (tertiary/aromatic N) is 3. The van der Waals surface area contributed by atoms with E-state index in [1.54, 1.807) is 13.1 Å². The zero-order valence-electron chi connectivity index (χ0n) is 10.2. The first-order chi connectivity index (χ1) is 9.13. The third kappa shape index (κ3) is 3.26. The second-order valence-electron chi connectivity index (χ2n) is 3.60. The molecule has 2 aromatic heterocycles. The molecule has 19 heavy (non-hydrogen) atoms. The Morgan fingerprint density at radius 1 is 1.37 bits per heavy atom. The summed E-state index contributed by atoms with van der Waals surface area (Å²) in [5, 5.41) is 6.33. The van der Waals surface area contributed by atoms with Gasteiger partial charge in [0.25, 0.3) is 0 Å². The topological polar surface area (TPSA) is 110 Å². The van der Waals surface area contributed by atoms with Crippen LogP contribution in [0.4, 0.5) is 5.82 Å². The summed E-state index contributed by atoms with van der Waals surface area (Å²) in [5.74, 6) is 0.747. The molecule has 0 aliphatic heterocycles. The Morgan fingerprint density at radius 3 is 2.89 bits per heavy atom. The Labute approximate surface area is 110 Å². The first-order valence-corrected chi connectivity index (χ1v) is 6.99. The normalized spacial score (nSPS) is 11.4. The van der Waals surface area contributed by atoms with Gasteiger partial charge >= 0.3 is 0 Å². The lowest BCUT2D eigenvalue weighted by Crippen LogP contribution is -2.27. The third-order valence-corrected chi connectivity index (χ3v) is 3.84. The van der Waals surface area contributed by atoms with Crippen LogP contribution in [-0.4, -0.2) is 37.1 Å². The number of hydrogen-bond acceptors (Lipinski definition) is 7. The van der Waals surface area contributed by atoms with E-state index >= 15 is 0 Å². The second kappa shape index (κ2) is 5.76. The highest BCUT2D eigenvalue weighted by Gasteiger charge is 2.18. The fourth-order valence-electron chi connectivity index (χ4n) is 1.47. The van der Waals surface area contributed by atoms with Gasteiger partial charge in [0.1, 0.15) is 10.7 Å². The van der Waals surface area contributed by atoms with E-state index < -0.39 is 10.0 Å². The fourth-order valence-corrected chi connectivity index (χ4v) is 2.67. The van der Waals surface area contributed by atoms with Gasteiger partial charge in [0.15, 0.2) is 5.82 Å². The van der Waals surface area contributed by atoms with Crippen LogP contribution in [0.15, 0.2) is 34.1 Å². The van der Waals surface area contributed by atoms with Crippen LogP contribution in [0.1, 0.15) is 5.82 Å². The molecule has 0 aliphatic carbocycles. The van der Waals surface area contributed by atoms with Crippen molar-refractivity contribution in [3.05, 3.63) is 30.5 Å². The summed E-state index contributed by atoms with van der Waals surface area (Å²) >= 11 is 0. The molecule has 0 spiro atoms. The van der Waals surface area contributed by atoms with Gasteiger partial charge in [0, 0.05) is 26.2 Å². The number of pyridine rings is 1. The summed E-state index contributed by atoms with van der Waals surface area (Å²) in [5.41, 5.74) is 0. The number of aromatic nitrogens is 3. The number of sulfonamides is 1. The zero-order valence-corrected chi connectivity index (χ0v) is 11.0. The maximum Gasteiger partial charge on any atom is 0.244 e. The first kappa shape index (κ1) is 13.4. The van der Waals surface area contributed by atoms with Gasteiger partial charge in [-0.05, 0) is 12.1 Å². The third-order valence-electron chi connectivity index (χ3n) is 2.34. The zero-order chi connectivity index (χ0) is 13.7. The maximum absolute atomic E-state index is 12.1. The van der Waals surface area contributed by atoms with E-state index in [1.165, 1.54) is 18.7 Å². The smallest absolute Gasteiger partial charge is 0.244 e. The number of nitrogens with one attached hydrogen (secondary N) is 2. The molecular formula is C10H13N5O3S. The van der Waals surface area contributed by atoms with E-state index in [0.717, 1.165) is 0 Å². The summed E-state index contributed by atoms with van der Waals surface area (Å²) in [4.78, 5) is 7.86. The monoisotopic (exact) mass is 283 g/mol. The van der Waals surface area contributed by atoms with Crippen LogP contribution >= 0.6 is 0 Å². The summed E-state index contributed by atoms with van der Waals surface area (Å²) in [7, 11) is -2.01. The van der Waals surface area contributed by atoms with E-state index in [9.17, 15) is 8.42 Å². The van der Waals surface area contributed by atoms with Crippen molar-refractivity contribution in [1.82, 2.24) is 19.8 Å². The van der Waals surface area contributed by atoms with Crippen LogP contribution < -0.4 is 10.0 Å². The van der Waals surface area contributed by atoms with E-state index in [-0.39, 0.29) is 11.4 Å².